The van der Waals surface area contributed by atoms with Crippen LogP contribution in [0.2, 0.25) is 0 Å². The van der Waals surface area contributed by atoms with Crippen LogP contribution in [-0.2, 0) is 13.0 Å². The van der Waals surface area contributed by atoms with Crippen LogP contribution < -0.4 is 5.32 Å². The van der Waals surface area contributed by atoms with Gasteiger partial charge in [-0.1, -0.05) is 112 Å². The second kappa shape index (κ2) is 11.2. The molecule has 0 aliphatic carbocycles. The van der Waals surface area contributed by atoms with E-state index in [9.17, 15) is 4.79 Å². The van der Waals surface area contributed by atoms with E-state index in [2.05, 4.69) is 69.4 Å². The van der Waals surface area contributed by atoms with Gasteiger partial charge in [-0.05, 0) is 30.4 Å². The molecule has 0 saturated heterocycles. The van der Waals surface area contributed by atoms with E-state index >= 15 is 0 Å². The van der Waals surface area contributed by atoms with E-state index in [1.54, 1.807) is 0 Å². The number of rotatable bonds is 9. The molecule has 0 aliphatic heterocycles. The molecule has 0 bridgehead atoms. The highest BCUT2D eigenvalue weighted by molar-refractivity contribution is 5.99. The van der Waals surface area contributed by atoms with Crippen LogP contribution in [0.3, 0.4) is 0 Å². The highest BCUT2D eigenvalue weighted by atomic mass is 16.2. The highest BCUT2D eigenvalue weighted by Crippen LogP contribution is 2.31. The molecule has 1 aromatic heterocycles. The first-order valence-electron chi connectivity index (χ1n) is 12.6. The Morgan fingerprint density at radius 2 is 1.49 bits per heavy atom. The molecule has 0 fully saturated rings. The van der Waals surface area contributed by atoms with Crippen molar-refractivity contribution >= 4 is 5.91 Å². The van der Waals surface area contributed by atoms with Crippen molar-refractivity contribution in [3.8, 4) is 22.6 Å². The van der Waals surface area contributed by atoms with Gasteiger partial charge < -0.3 is 9.88 Å². The van der Waals surface area contributed by atoms with Crippen LogP contribution in [-0.4, -0.2) is 15.5 Å². The summed E-state index contributed by atoms with van der Waals surface area (Å²) in [5, 5.41) is 3.33. The summed E-state index contributed by atoms with van der Waals surface area (Å²) in [4.78, 5) is 19.0. The fourth-order valence-electron chi connectivity index (χ4n) is 4.62. The van der Waals surface area contributed by atoms with Gasteiger partial charge in [0.05, 0.1) is 6.04 Å². The molecule has 4 rings (SSSR count). The lowest BCUT2D eigenvalue weighted by Crippen LogP contribution is -2.33. The SMILES string of the molecule is CCCc1ccc(-c2nc(-c3ccccc3)n(CC)c2C(=O)NC(c2ccccc2)C(C)C)cc1. The van der Waals surface area contributed by atoms with Gasteiger partial charge in [0, 0.05) is 17.7 Å². The quantitative estimate of drug-likeness (QED) is 0.281. The Labute approximate surface area is 209 Å². The van der Waals surface area contributed by atoms with Crippen LogP contribution in [0.4, 0.5) is 0 Å². The number of amides is 1. The fraction of sp³-hybridized carbons (Fsp3) is 0.290. The molecule has 1 unspecified atom stereocenters. The van der Waals surface area contributed by atoms with E-state index in [0.717, 1.165) is 41.1 Å². The summed E-state index contributed by atoms with van der Waals surface area (Å²) in [6.45, 7) is 9.17. The Morgan fingerprint density at radius 1 is 0.857 bits per heavy atom. The number of aryl methyl sites for hydroxylation is 1. The summed E-state index contributed by atoms with van der Waals surface area (Å²) in [6, 6.07) is 28.7. The topological polar surface area (TPSA) is 46.9 Å². The summed E-state index contributed by atoms with van der Waals surface area (Å²) < 4.78 is 2.04. The van der Waals surface area contributed by atoms with E-state index < -0.39 is 0 Å². The zero-order valence-electron chi connectivity index (χ0n) is 21.2. The minimum absolute atomic E-state index is 0.0936. The predicted octanol–water partition coefficient (Wildman–Crippen LogP) is 7.32. The van der Waals surface area contributed by atoms with Gasteiger partial charge in [0.1, 0.15) is 17.2 Å². The number of benzene rings is 3. The van der Waals surface area contributed by atoms with Crippen LogP contribution in [0, 0.1) is 5.92 Å². The van der Waals surface area contributed by atoms with Crippen molar-refractivity contribution in [1.82, 2.24) is 14.9 Å². The van der Waals surface area contributed by atoms with Gasteiger partial charge in [0.25, 0.3) is 5.91 Å². The van der Waals surface area contributed by atoms with E-state index in [0.29, 0.717) is 12.2 Å². The number of carbonyl (C=O) groups is 1. The van der Waals surface area contributed by atoms with E-state index in [1.807, 2.05) is 53.1 Å². The molecule has 0 spiro atoms. The zero-order valence-corrected chi connectivity index (χ0v) is 21.2. The standard InChI is InChI=1S/C31H35N3O/c1-5-13-23-18-20-25(21-19-23)28-29(34(6-2)30(32-28)26-16-11-8-12-17-26)31(35)33-27(22(3)4)24-14-9-7-10-15-24/h7-12,14-22,27H,5-6,13H2,1-4H3,(H,33,35). The molecule has 4 aromatic rings. The summed E-state index contributed by atoms with van der Waals surface area (Å²) in [5.41, 5.74) is 5.69. The largest absolute Gasteiger partial charge is 0.344 e. The second-order valence-electron chi connectivity index (χ2n) is 9.30. The Balaban J connectivity index is 1.82. The predicted molar refractivity (Wildman–Crippen MR) is 144 cm³/mol. The number of aromatic nitrogens is 2. The molecule has 1 heterocycles. The van der Waals surface area contributed by atoms with Gasteiger partial charge in [0.15, 0.2) is 0 Å². The van der Waals surface area contributed by atoms with Crippen molar-refractivity contribution < 1.29 is 4.79 Å². The molecule has 35 heavy (non-hydrogen) atoms. The van der Waals surface area contributed by atoms with Crippen molar-refractivity contribution in [3.05, 3.63) is 102 Å². The highest BCUT2D eigenvalue weighted by Gasteiger charge is 2.27. The summed E-state index contributed by atoms with van der Waals surface area (Å²) >= 11 is 0. The maximum absolute atomic E-state index is 13.9. The van der Waals surface area contributed by atoms with Crippen molar-refractivity contribution in [2.24, 2.45) is 5.92 Å². The minimum atomic E-state index is -0.100. The normalized spacial score (nSPS) is 12.0. The zero-order chi connectivity index (χ0) is 24.8. The third kappa shape index (κ3) is 5.37. The van der Waals surface area contributed by atoms with Crippen LogP contribution in [0.1, 0.15) is 61.8 Å². The first-order chi connectivity index (χ1) is 17.0. The minimum Gasteiger partial charge on any atom is -0.344 e. The molecule has 1 atom stereocenters. The molecular weight excluding hydrogens is 430 g/mol. The van der Waals surface area contributed by atoms with Crippen molar-refractivity contribution in [2.75, 3.05) is 0 Å². The van der Waals surface area contributed by atoms with Gasteiger partial charge in [-0.3, -0.25) is 4.79 Å². The summed E-state index contributed by atoms with van der Waals surface area (Å²) in [5.74, 6) is 0.952. The lowest BCUT2D eigenvalue weighted by Gasteiger charge is -2.23. The number of hydrogen-bond donors (Lipinski definition) is 1. The molecule has 0 aliphatic rings. The molecular formula is C31H35N3O. The Kier molecular flexibility index (Phi) is 7.81. The number of hydrogen-bond acceptors (Lipinski definition) is 2. The van der Waals surface area contributed by atoms with Crippen molar-refractivity contribution in [3.63, 3.8) is 0 Å². The molecule has 1 N–H and O–H groups in total. The van der Waals surface area contributed by atoms with Gasteiger partial charge in [-0.25, -0.2) is 4.98 Å². The molecule has 4 nitrogen and oxygen atoms in total. The lowest BCUT2D eigenvalue weighted by molar-refractivity contribution is 0.0917. The first-order valence-corrected chi connectivity index (χ1v) is 12.6. The number of imidazole rings is 1. The van der Waals surface area contributed by atoms with E-state index in [1.165, 1.54) is 5.56 Å². The van der Waals surface area contributed by atoms with Gasteiger partial charge >= 0.3 is 0 Å². The van der Waals surface area contributed by atoms with Gasteiger partial charge in [-0.15, -0.1) is 0 Å². The molecule has 180 valence electrons. The fourth-order valence-corrected chi connectivity index (χ4v) is 4.62. The smallest absolute Gasteiger partial charge is 0.270 e. The van der Waals surface area contributed by atoms with Crippen LogP contribution >= 0.6 is 0 Å². The number of nitrogens with one attached hydrogen (secondary N) is 1. The monoisotopic (exact) mass is 465 g/mol. The number of carbonyl (C=O) groups excluding carboxylic acids is 1. The van der Waals surface area contributed by atoms with Crippen LogP contribution in [0.25, 0.3) is 22.6 Å². The second-order valence-corrected chi connectivity index (χ2v) is 9.30. The maximum atomic E-state index is 13.9. The summed E-state index contributed by atoms with van der Waals surface area (Å²) in [6.07, 6.45) is 2.14. The van der Waals surface area contributed by atoms with Gasteiger partial charge in [-0.2, -0.15) is 0 Å². The third-order valence-corrected chi connectivity index (χ3v) is 6.41. The summed E-state index contributed by atoms with van der Waals surface area (Å²) in [7, 11) is 0. The van der Waals surface area contributed by atoms with E-state index in [4.69, 9.17) is 4.98 Å². The molecule has 0 saturated carbocycles. The third-order valence-electron chi connectivity index (χ3n) is 6.41. The Bertz CT molecular complexity index is 1240. The first kappa shape index (κ1) is 24.5. The average Bonchev–Trinajstić information content (AvgIpc) is 3.28. The van der Waals surface area contributed by atoms with Crippen LogP contribution in [0.5, 0.6) is 0 Å². The molecule has 1 amide bonds. The lowest BCUT2D eigenvalue weighted by atomic mass is 9.95. The Hall–Kier alpha value is -3.66. The van der Waals surface area contributed by atoms with Crippen molar-refractivity contribution in [1.29, 1.82) is 0 Å². The molecule has 3 aromatic carbocycles. The number of nitrogens with zero attached hydrogens (tertiary/aromatic N) is 2. The molecule has 0 radical (unpaired) electrons. The van der Waals surface area contributed by atoms with Crippen molar-refractivity contribution in [2.45, 2.75) is 53.1 Å². The maximum Gasteiger partial charge on any atom is 0.270 e. The van der Waals surface area contributed by atoms with Gasteiger partial charge in [0.2, 0.25) is 0 Å². The molecule has 4 heteroatoms. The average molecular weight is 466 g/mol. The van der Waals surface area contributed by atoms with Crippen LogP contribution in [0.15, 0.2) is 84.9 Å². The Morgan fingerprint density at radius 3 is 2.06 bits per heavy atom. The van der Waals surface area contributed by atoms with E-state index in [-0.39, 0.29) is 17.9 Å².